The normalized spacial score (nSPS) is 15.3. The van der Waals surface area contributed by atoms with Crippen molar-refractivity contribution in [1.82, 2.24) is 4.48 Å². The third-order valence-electron chi connectivity index (χ3n) is 4.25. The van der Waals surface area contributed by atoms with E-state index in [2.05, 4.69) is 54.7 Å². The van der Waals surface area contributed by atoms with Crippen LogP contribution in [-0.4, -0.2) is 5.84 Å². The first kappa shape index (κ1) is 14.9. The molecule has 0 bridgehead atoms. The first-order chi connectivity index (χ1) is 11.8. The quantitative estimate of drug-likeness (QED) is 0.529. The fourth-order valence-electron chi connectivity index (χ4n) is 3.13. The zero-order chi connectivity index (χ0) is 16.4. The fourth-order valence-corrected chi connectivity index (χ4v) is 3.26. The van der Waals surface area contributed by atoms with Crippen LogP contribution in [0.5, 0.6) is 0 Å². The van der Waals surface area contributed by atoms with Crippen molar-refractivity contribution in [2.75, 3.05) is 0 Å². The number of hydrogen-bond acceptors (Lipinski definition) is 1. The van der Waals surface area contributed by atoms with Gasteiger partial charge in [0.25, 0.3) is 0 Å². The molecule has 1 heterocycles. The lowest BCUT2D eigenvalue weighted by molar-refractivity contribution is 0.748. The lowest BCUT2D eigenvalue weighted by Crippen LogP contribution is -2.43. The van der Waals surface area contributed by atoms with Gasteiger partial charge in [0.05, 0.1) is 11.8 Å². The Labute approximate surface area is 146 Å². The Hall–Kier alpha value is -2.68. The summed E-state index contributed by atoms with van der Waals surface area (Å²) in [5.74, 6) is 0.962. The average Bonchev–Trinajstić information content (AvgIpc) is 3.10. The molecule has 3 heteroatoms. The third-order valence-corrected chi connectivity index (χ3v) is 4.50. The van der Waals surface area contributed by atoms with Gasteiger partial charge in [0, 0.05) is 29.3 Å². The van der Waals surface area contributed by atoms with Gasteiger partial charge in [-0.15, -0.1) is 0 Å². The van der Waals surface area contributed by atoms with Crippen LogP contribution in [0.15, 0.2) is 102 Å². The number of halogens is 1. The highest BCUT2D eigenvalue weighted by atomic mass is 35.5. The summed E-state index contributed by atoms with van der Waals surface area (Å²) in [5, 5.41) is 0.725. The average molecular weight is 332 g/mol. The Bertz CT molecular complexity index is 858. The zero-order valence-electron chi connectivity index (χ0n) is 13.0. The highest BCUT2D eigenvalue weighted by Crippen LogP contribution is 2.40. The molecule has 2 nitrogen and oxygen atoms in total. The monoisotopic (exact) mass is 331 g/mol. The molecule has 0 fully saturated rings. The van der Waals surface area contributed by atoms with E-state index >= 15 is 0 Å². The Morgan fingerprint density at radius 1 is 0.667 bits per heavy atom. The van der Waals surface area contributed by atoms with Crippen molar-refractivity contribution in [2.45, 2.75) is 0 Å². The standard InChI is InChI=1S/C21H16ClN2/c22-18-13-11-17(12-14-18)21-23-15-16-24(21,19-7-3-1-4-8-19)20-9-5-2-6-10-20/h1-16H/q+1. The van der Waals surface area contributed by atoms with Gasteiger partial charge in [-0.25, -0.2) is 0 Å². The highest BCUT2D eigenvalue weighted by molar-refractivity contribution is 6.30. The van der Waals surface area contributed by atoms with E-state index in [9.17, 15) is 0 Å². The topological polar surface area (TPSA) is 12.4 Å². The van der Waals surface area contributed by atoms with E-state index in [0.717, 1.165) is 27.8 Å². The molecule has 0 aromatic heterocycles. The van der Waals surface area contributed by atoms with Crippen LogP contribution in [0.25, 0.3) is 0 Å². The molecule has 0 spiro atoms. The second kappa shape index (κ2) is 6.08. The Balaban J connectivity index is 1.95. The Kier molecular flexibility index (Phi) is 3.77. The molecular formula is C21H16ClN2+. The predicted molar refractivity (Wildman–Crippen MR) is 101 cm³/mol. The van der Waals surface area contributed by atoms with Crippen molar-refractivity contribution >= 4 is 28.8 Å². The fraction of sp³-hybridized carbons (Fsp3) is 0. The molecular weight excluding hydrogens is 316 g/mol. The van der Waals surface area contributed by atoms with Gasteiger partial charge < -0.3 is 0 Å². The van der Waals surface area contributed by atoms with Crippen LogP contribution < -0.4 is 4.48 Å². The van der Waals surface area contributed by atoms with Crippen LogP contribution in [0.4, 0.5) is 11.4 Å². The van der Waals surface area contributed by atoms with Gasteiger partial charge in [0.1, 0.15) is 17.6 Å². The molecule has 3 aromatic carbocycles. The van der Waals surface area contributed by atoms with E-state index in [0.29, 0.717) is 4.48 Å². The van der Waals surface area contributed by atoms with Gasteiger partial charge in [-0.1, -0.05) is 48.0 Å². The first-order valence-electron chi connectivity index (χ1n) is 7.83. The van der Waals surface area contributed by atoms with Crippen molar-refractivity contribution in [3.63, 3.8) is 0 Å². The van der Waals surface area contributed by atoms with Gasteiger partial charge >= 0.3 is 0 Å². The summed E-state index contributed by atoms with van der Waals surface area (Å²) in [4.78, 5) is 4.71. The number of para-hydroxylation sites is 2. The van der Waals surface area contributed by atoms with Crippen LogP contribution in [0.1, 0.15) is 5.56 Å². The minimum absolute atomic E-state index is 0.462. The van der Waals surface area contributed by atoms with Gasteiger partial charge in [0.2, 0.25) is 5.84 Å². The van der Waals surface area contributed by atoms with Crippen LogP contribution in [-0.2, 0) is 0 Å². The maximum Gasteiger partial charge on any atom is 0.250 e. The largest absolute Gasteiger partial charge is 0.250 e. The Morgan fingerprint density at radius 3 is 1.75 bits per heavy atom. The number of quaternary nitrogens is 1. The molecule has 1 aliphatic rings. The molecule has 4 rings (SSSR count). The van der Waals surface area contributed by atoms with Crippen molar-refractivity contribution in [3.05, 3.63) is 108 Å². The smallest absolute Gasteiger partial charge is 0.198 e. The van der Waals surface area contributed by atoms with Crippen molar-refractivity contribution in [2.24, 2.45) is 4.99 Å². The van der Waals surface area contributed by atoms with E-state index in [-0.39, 0.29) is 0 Å². The van der Waals surface area contributed by atoms with Gasteiger partial charge in [-0.05, 0) is 24.3 Å². The summed E-state index contributed by atoms with van der Waals surface area (Å²) >= 11 is 6.06. The van der Waals surface area contributed by atoms with Crippen molar-refractivity contribution < 1.29 is 0 Å². The molecule has 0 radical (unpaired) electrons. The summed E-state index contributed by atoms with van der Waals surface area (Å²) < 4.78 is 0.462. The number of rotatable bonds is 3. The number of hydrogen-bond donors (Lipinski definition) is 0. The second-order valence-corrected chi connectivity index (χ2v) is 6.09. The lowest BCUT2D eigenvalue weighted by atomic mass is 10.1. The first-order valence-corrected chi connectivity index (χ1v) is 8.20. The third kappa shape index (κ3) is 2.37. The minimum atomic E-state index is 0.462. The summed E-state index contributed by atoms with van der Waals surface area (Å²) in [6, 6.07) is 28.7. The molecule has 0 amide bonds. The van der Waals surface area contributed by atoms with Crippen molar-refractivity contribution in [1.29, 1.82) is 0 Å². The van der Waals surface area contributed by atoms with Crippen molar-refractivity contribution in [3.8, 4) is 0 Å². The molecule has 0 saturated carbocycles. The van der Waals surface area contributed by atoms with E-state index in [1.165, 1.54) is 0 Å². The number of aliphatic imine (C=N–C) groups is 1. The minimum Gasteiger partial charge on any atom is -0.198 e. The molecule has 0 unspecified atom stereocenters. The number of nitrogens with zero attached hydrogens (tertiary/aromatic N) is 2. The van der Waals surface area contributed by atoms with E-state index in [4.69, 9.17) is 16.6 Å². The second-order valence-electron chi connectivity index (χ2n) is 5.65. The maximum absolute atomic E-state index is 6.06. The van der Waals surface area contributed by atoms with E-state index < -0.39 is 0 Å². The van der Waals surface area contributed by atoms with Gasteiger partial charge in [-0.3, -0.25) is 0 Å². The van der Waals surface area contributed by atoms with Crippen LogP contribution in [0.2, 0.25) is 5.02 Å². The SMILES string of the molecule is Clc1ccc(C2=NC=C[N+]2(c2ccccc2)c2ccccc2)cc1. The summed E-state index contributed by atoms with van der Waals surface area (Å²) in [7, 11) is 0. The summed E-state index contributed by atoms with van der Waals surface area (Å²) in [6.07, 6.45) is 4.00. The van der Waals surface area contributed by atoms with Gasteiger partial charge in [-0.2, -0.15) is 9.48 Å². The van der Waals surface area contributed by atoms with Crippen LogP contribution in [0.3, 0.4) is 0 Å². The van der Waals surface area contributed by atoms with Crippen LogP contribution >= 0.6 is 11.6 Å². The molecule has 0 atom stereocenters. The lowest BCUT2D eigenvalue weighted by Gasteiger charge is -2.31. The molecule has 0 aliphatic carbocycles. The summed E-state index contributed by atoms with van der Waals surface area (Å²) in [5.41, 5.74) is 3.34. The van der Waals surface area contributed by atoms with Crippen LogP contribution in [0, 0.1) is 0 Å². The highest BCUT2D eigenvalue weighted by Gasteiger charge is 2.41. The zero-order valence-corrected chi connectivity index (χ0v) is 13.8. The molecule has 1 aliphatic heterocycles. The molecule has 24 heavy (non-hydrogen) atoms. The Morgan fingerprint density at radius 2 is 1.21 bits per heavy atom. The molecule has 0 N–H and O–H groups in total. The number of benzene rings is 3. The summed E-state index contributed by atoms with van der Waals surface area (Å²) in [6.45, 7) is 0. The van der Waals surface area contributed by atoms with E-state index in [1.54, 1.807) is 0 Å². The molecule has 0 saturated heterocycles. The predicted octanol–water partition coefficient (Wildman–Crippen LogP) is 5.91. The molecule has 116 valence electrons. The van der Waals surface area contributed by atoms with Gasteiger partial charge in [0.15, 0.2) is 0 Å². The molecule has 3 aromatic rings. The maximum atomic E-state index is 6.06. The number of amidine groups is 1. The van der Waals surface area contributed by atoms with E-state index in [1.807, 2.05) is 42.6 Å².